The van der Waals surface area contributed by atoms with Gasteiger partial charge in [-0.2, -0.15) is 9.40 Å². The van der Waals surface area contributed by atoms with Crippen LogP contribution in [-0.2, 0) is 16.6 Å². The van der Waals surface area contributed by atoms with E-state index < -0.39 is 10.0 Å². The van der Waals surface area contributed by atoms with Gasteiger partial charge in [-0.15, -0.1) is 0 Å². The average Bonchev–Trinajstić information content (AvgIpc) is 2.89. The highest BCUT2D eigenvalue weighted by atomic mass is 79.9. The summed E-state index contributed by atoms with van der Waals surface area (Å²) in [5, 5.41) is 6.09. The molecular weight excluding hydrogens is 310 g/mol. The first-order valence-electron chi connectivity index (χ1n) is 4.69. The van der Waals surface area contributed by atoms with E-state index in [4.69, 9.17) is 4.42 Å². The Morgan fingerprint density at radius 1 is 1.53 bits per heavy atom. The van der Waals surface area contributed by atoms with Gasteiger partial charge in [0.2, 0.25) is 10.0 Å². The molecule has 0 fully saturated rings. The summed E-state index contributed by atoms with van der Waals surface area (Å²) in [4.78, 5) is 0.130. The zero-order chi connectivity index (χ0) is 12.5. The van der Waals surface area contributed by atoms with Gasteiger partial charge in [0.1, 0.15) is 10.7 Å². The number of hydrogen-bond acceptors (Lipinski definition) is 4. The summed E-state index contributed by atoms with van der Waals surface area (Å²) < 4.78 is 31.1. The zero-order valence-electron chi connectivity index (χ0n) is 8.92. The fourth-order valence-corrected chi connectivity index (χ4v) is 2.69. The van der Waals surface area contributed by atoms with Crippen molar-refractivity contribution in [2.75, 3.05) is 7.05 Å². The summed E-state index contributed by atoms with van der Waals surface area (Å²) in [7, 11) is -2.04. The molecule has 2 aromatic heterocycles. The van der Waals surface area contributed by atoms with Crippen molar-refractivity contribution >= 4 is 26.0 Å². The molecule has 1 N–H and O–H groups in total. The van der Waals surface area contributed by atoms with Gasteiger partial charge in [0.05, 0.1) is 12.7 Å². The van der Waals surface area contributed by atoms with E-state index in [0.29, 0.717) is 10.4 Å². The van der Waals surface area contributed by atoms with Crippen LogP contribution in [0.15, 0.2) is 38.5 Å². The van der Waals surface area contributed by atoms with Gasteiger partial charge in [-0.05, 0) is 28.1 Å². The third kappa shape index (κ3) is 2.59. The molecule has 0 saturated heterocycles. The minimum atomic E-state index is -3.52. The molecule has 2 rings (SSSR count). The predicted molar refractivity (Wildman–Crippen MR) is 63.6 cm³/mol. The van der Waals surface area contributed by atoms with Gasteiger partial charge >= 0.3 is 0 Å². The summed E-state index contributed by atoms with van der Waals surface area (Å²) in [5.74, 6) is 0.562. The van der Waals surface area contributed by atoms with E-state index in [0.717, 1.165) is 0 Å². The lowest BCUT2D eigenvalue weighted by Gasteiger charge is -2.14. The molecule has 0 unspecified atom stereocenters. The van der Waals surface area contributed by atoms with Crippen LogP contribution >= 0.6 is 15.9 Å². The lowest BCUT2D eigenvalue weighted by molar-refractivity contribution is 0.398. The van der Waals surface area contributed by atoms with Crippen LogP contribution in [0.2, 0.25) is 0 Å². The van der Waals surface area contributed by atoms with Crippen molar-refractivity contribution in [1.29, 1.82) is 0 Å². The molecule has 17 heavy (non-hydrogen) atoms. The van der Waals surface area contributed by atoms with Crippen LogP contribution < -0.4 is 0 Å². The molecule has 0 aliphatic heterocycles. The maximum absolute atomic E-state index is 12.0. The van der Waals surface area contributed by atoms with E-state index in [1.165, 1.54) is 23.7 Å². The molecule has 92 valence electrons. The molecule has 0 aromatic carbocycles. The lowest BCUT2D eigenvalue weighted by Crippen LogP contribution is -2.25. The van der Waals surface area contributed by atoms with Crippen LogP contribution in [0.4, 0.5) is 0 Å². The average molecular weight is 320 g/mol. The zero-order valence-corrected chi connectivity index (χ0v) is 11.3. The first-order chi connectivity index (χ1) is 8.00. The SMILES string of the molecule is CN(Cc1ccc(Br)o1)S(=O)(=O)c1cn[nH]c1. The number of aromatic amines is 1. The van der Waals surface area contributed by atoms with E-state index >= 15 is 0 Å². The normalized spacial score (nSPS) is 12.2. The van der Waals surface area contributed by atoms with Crippen molar-refractivity contribution in [3.8, 4) is 0 Å². The number of sulfonamides is 1. The Bertz CT molecular complexity index is 591. The first kappa shape index (κ1) is 12.3. The molecule has 0 atom stereocenters. The maximum Gasteiger partial charge on any atom is 0.246 e. The summed E-state index contributed by atoms with van der Waals surface area (Å²) in [5.41, 5.74) is 0. The van der Waals surface area contributed by atoms with Crippen LogP contribution in [0.5, 0.6) is 0 Å². The number of hydrogen-bond donors (Lipinski definition) is 1. The van der Waals surface area contributed by atoms with Crippen molar-refractivity contribution in [3.05, 3.63) is 35.0 Å². The van der Waals surface area contributed by atoms with Crippen LogP contribution in [0.1, 0.15) is 5.76 Å². The molecule has 8 heteroatoms. The second-order valence-corrected chi connectivity index (χ2v) is 6.23. The molecule has 0 radical (unpaired) electrons. The molecule has 0 saturated carbocycles. The van der Waals surface area contributed by atoms with E-state index in [1.54, 1.807) is 12.1 Å². The van der Waals surface area contributed by atoms with Crippen molar-refractivity contribution in [2.45, 2.75) is 11.4 Å². The molecule has 0 spiro atoms. The highest BCUT2D eigenvalue weighted by molar-refractivity contribution is 9.10. The van der Waals surface area contributed by atoms with Crippen molar-refractivity contribution < 1.29 is 12.8 Å². The minimum Gasteiger partial charge on any atom is -0.453 e. The molecule has 2 heterocycles. The Balaban J connectivity index is 2.18. The Morgan fingerprint density at radius 2 is 2.29 bits per heavy atom. The van der Waals surface area contributed by atoms with E-state index in [1.807, 2.05) is 0 Å². The largest absolute Gasteiger partial charge is 0.453 e. The van der Waals surface area contributed by atoms with Crippen LogP contribution in [-0.4, -0.2) is 30.0 Å². The smallest absolute Gasteiger partial charge is 0.246 e. The number of rotatable bonds is 4. The Hall–Kier alpha value is -1.12. The van der Waals surface area contributed by atoms with Gasteiger partial charge in [-0.3, -0.25) is 5.10 Å². The van der Waals surface area contributed by atoms with Crippen LogP contribution in [0.3, 0.4) is 0 Å². The molecular formula is C9H10BrN3O3S. The minimum absolute atomic E-state index is 0.130. The number of furan rings is 1. The Labute approximate surface area is 107 Å². The van der Waals surface area contributed by atoms with Gasteiger partial charge in [0, 0.05) is 13.2 Å². The highest BCUT2D eigenvalue weighted by Crippen LogP contribution is 2.18. The van der Waals surface area contributed by atoms with Crippen molar-refractivity contribution in [2.24, 2.45) is 0 Å². The third-order valence-corrected chi connectivity index (χ3v) is 4.38. The van der Waals surface area contributed by atoms with Gasteiger partial charge < -0.3 is 4.42 Å². The Kier molecular flexibility index (Phi) is 3.36. The molecule has 6 nitrogen and oxygen atoms in total. The van der Waals surface area contributed by atoms with Gasteiger partial charge in [-0.25, -0.2) is 8.42 Å². The number of aromatic nitrogens is 2. The van der Waals surface area contributed by atoms with Gasteiger partial charge in [0.15, 0.2) is 4.67 Å². The van der Waals surface area contributed by atoms with Gasteiger partial charge in [0.25, 0.3) is 0 Å². The highest BCUT2D eigenvalue weighted by Gasteiger charge is 2.22. The predicted octanol–water partition coefficient (Wildman–Crippen LogP) is 1.59. The topological polar surface area (TPSA) is 79.2 Å². The number of nitrogens with zero attached hydrogens (tertiary/aromatic N) is 2. The monoisotopic (exact) mass is 319 g/mol. The Morgan fingerprint density at radius 3 is 2.82 bits per heavy atom. The number of nitrogens with one attached hydrogen (secondary N) is 1. The second kappa shape index (κ2) is 4.63. The first-order valence-corrected chi connectivity index (χ1v) is 6.93. The number of halogens is 1. The third-order valence-electron chi connectivity index (χ3n) is 2.19. The van der Waals surface area contributed by atoms with Crippen molar-refractivity contribution in [3.63, 3.8) is 0 Å². The summed E-state index contributed by atoms with van der Waals surface area (Å²) in [6, 6.07) is 3.43. The molecule has 0 amide bonds. The molecule has 0 aliphatic carbocycles. The van der Waals surface area contributed by atoms with E-state index in [2.05, 4.69) is 26.1 Å². The standard InChI is InChI=1S/C9H10BrN3O3S/c1-13(6-7-2-3-9(10)16-7)17(14,15)8-4-11-12-5-8/h2-5H,6H2,1H3,(H,11,12). The molecule has 0 bridgehead atoms. The van der Waals surface area contributed by atoms with Gasteiger partial charge in [-0.1, -0.05) is 0 Å². The maximum atomic E-state index is 12.0. The summed E-state index contributed by atoms with van der Waals surface area (Å²) in [6.07, 6.45) is 2.60. The molecule has 2 aromatic rings. The van der Waals surface area contributed by atoms with Crippen LogP contribution in [0.25, 0.3) is 0 Å². The van der Waals surface area contributed by atoms with E-state index in [9.17, 15) is 8.42 Å². The summed E-state index contributed by atoms with van der Waals surface area (Å²) >= 11 is 3.16. The quantitative estimate of drug-likeness (QED) is 0.928. The second-order valence-electron chi connectivity index (χ2n) is 3.40. The number of H-pyrrole nitrogens is 1. The lowest BCUT2D eigenvalue weighted by atomic mass is 10.4. The fraction of sp³-hybridized carbons (Fsp3) is 0.222. The fourth-order valence-electron chi connectivity index (χ4n) is 1.30. The van der Waals surface area contributed by atoms with E-state index in [-0.39, 0.29) is 11.4 Å². The summed E-state index contributed by atoms with van der Waals surface area (Å²) in [6.45, 7) is 0.166. The van der Waals surface area contributed by atoms with Crippen molar-refractivity contribution in [1.82, 2.24) is 14.5 Å². The van der Waals surface area contributed by atoms with Crippen LogP contribution in [0, 0.1) is 0 Å². The molecule has 0 aliphatic rings.